The molecule has 2 aromatic rings. The Balaban J connectivity index is 1.82. The van der Waals surface area contributed by atoms with E-state index in [-0.39, 0.29) is 5.02 Å². The monoisotopic (exact) mass is 344 g/mol. The average Bonchev–Trinajstić information content (AvgIpc) is 2.60. The number of amides is 2. The predicted octanol–water partition coefficient (Wildman–Crippen LogP) is 3.35. The second kappa shape index (κ2) is 8.64. The standard InChI is InChI=1S/C18H14ClFN2O2/c19-15-12-14(6-9-16(15)20)8-11-18(24)22-21-17(23)10-7-13-4-2-1-3-5-13/h1-12H,(H,21,23)(H,22,24)/b10-7?,11-8+. The minimum atomic E-state index is -0.532. The smallest absolute Gasteiger partial charge is 0.262 e. The van der Waals surface area contributed by atoms with Crippen LogP contribution in [0.4, 0.5) is 4.39 Å². The van der Waals surface area contributed by atoms with E-state index in [0.29, 0.717) is 5.56 Å². The van der Waals surface area contributed by atoms with Gasteiger partial charge in [0.25, 0.3) is 11.8 Å². The molecule has 2 amide bonds. The molecule has 0 aliphatic carbocycles. The molecule has 0 saturated carbocycles. The van der Waals surface area contributed by atoms with Gasteiger partial charge in [-0.15, -0.1) is 0 Å². The molecular formula is C18H14ClFN2O2. The van der Waals surface area contributed by atoms with Crippen molar-refractivity contribution in [3.63, 3.8) is 0 Å². The van der Waals surface area contributed by atoms with Crippen LogP contribution in [0.3, 0.4) is 0 Å². The van der Waals surface area contributed by atoms with Crippen LogP contribution >= 0.6 is 11.6 Å². The summed E-state index contributed by atoms with van der Waals surface area (Å²) in [5, 5.41) is -0.0306. The lowest BCUT2D eigenvalue weighted by Crippen LogP contribution is -2.39. The third kappa shape index (κ3) is 5.70. The zero-order valence-electron chi connectivity index (χ0n) is 12.5. The van der Waals surface area contributed by atoms with Crippen molar-refractivity contribution in [2.24, 2.45) is 0 Å². The predicted molar refractivity (Wildman–Crippen MR) is 92.2 cm³/mol. The molecule has 0 atom stereocenters. The number of benzene rings is 2. The van der Waals surface area contributed by atoms with Gasteiger partial charge in [-0.1, -0.05) is 48.0 Å². The van der Waals surface area contributed by atoms with Crippen LogP contribution in [0.5, 0.6) is 0 Å². The van der Waals surface area contributed by atoms with Crippen molar-refractivity contribution in [2.45, 2.75) is 0 Å². The van der Waals surface area contributed by atoms with E-state index in [1.165, 1.54) is 36.4 Å². The Morgan fingerprint density at radius 2 is 1.46 bits per heavy atom. The van der Waals surface area contributed by atoms with Gasteiger partial charge in [0.1, 0.15) is 5.82 Å². The van der Waals surface area contributed by atoms with Gasteiger partial charge in [-0.05, 0) is 35.4 Å². The van der Waals surface area contributed by atoms with E-state index in [1.807, 2.05) is 30.3 Å². The maximum Gasteiger partial charge on any atom is 0.262 e. The summed E-state index contributed by atoms with van der Waals surface area (Å²) in [5.74, 6) is -1.53. The average molecular weight is 345 g/mol. The van der Waals surface area contributed by atoms with Crippen molar-refractivity contribution in [1.29, 1.82) is 0 Å². The molecule has 0 unspecified atom stereocenters. The van der Waals surface area contributed by atoms with Crippen LogP contribution < -0.4 is 10.9 Å². The molecular weight excluding hydrogens is 331 g/mol. The fraction of sp³-hybridized carbons (Fsp3) is 0. The van der Waals surface area contributed by atoms with Crippen LogP contribution in [-0.4, -0.2) is 11.8 Å². The highest BCUT2D eigenvalue weighted by molar-refractivity contribution is 6.30. The van der Waals surface area contributed by atoms with E-state index in [0.717, 1.165) is 5.56 Å². The van der Waals surface area contributed by atoms with Crippen LogP contribution in [0.1, 0.15) is 11.1 Å². The molecule has 2 N–H and O–H groups in total. The fourth-order valence-corrected chi connectivity index (χ4v) is 1.92. The molecule has 0 bridgehead atoms. The van der Waals surface area contributed by atoms with E-state index in [9.17, 15) is 14.0 Å². The molecule has 0 heterocycles. The molecule has 2 aromatic carbocycles. The summed E-state index contributed by atoms with van der Waals surface area (Å²) in [5.41, 5.74) is 5.91. The fourth-order valence-electron chi connectivity index (χ4n) is 1.73. The van der Waals surface area contributed by atoms with Gasteiger partial charge in [-0.2, -0.15) is 0 Å². The van der Waals surface area contributed by atoms with Crippen molar-refractivity contribution >= 4 is 35.6 Å². The zero-order chi connectivity index (χ0) is 17.4. The van der Waals surface area contributed by atoms with Gasteiger partial charge in [-0.3, -0.25) is 20.4 Å². The normalized spacial score (nSPS) is 10.9. The molecule has 0 saturated heterocycles. The topological polar surface area (TPSA) is 58.2 Å². The van der Waals surface area contributed by atoms with Crippen LogP contribution in [0.15, 0.2) is 60.7 Å². The number of hydrogen-bond acceptors (Lipinski definition) is 2. The van der Waals surface area contributed by atoms with E-state index >= 15 is 0 Å². The Kier molecular flexibility index (Phi) is 6.28. The Morgan fingerprint density at radius 3 is 2.04 bits per heavy atom. The SMILES string of the molecule is O=C(C=Cc1ccccc1)NNC(=O)/C=C/c1ccc(F)c(Cl)c1. The van der Waals surface area contributed by atoms with Gasteiger partial charge < -0.3 is 0 Å². The van der Waals surface area contributed by atoms with E-state index in [4.69, 9.17) is 11.6 Å². The van der Waals surface area contributed by atoms with Crippen molar-refractivity contribution in [1.82, 2.24) is 10.9 Å². The lowest BCUT2D eigenvalue weighted by molar-refractivity contribution is -0.123. The van der Waals surface area contributed by atoms with Crippen molar-refractivity contribution in [2.75, 3.05) is 0 Å². The number of rotatable bonds is 4. The van der Waals surface area contributed by atoms with Crippen LogP contribution in [0.2, 0.25) is 5.02 Å². The first-order valence-corrected chi connectivity index (χ1v) is 7.38. The molecule has 24 heavy (non-hydrogen) atoms. The first-order chi connectivity index (χ1) is 11.5. The van der Waals surface area contributed by atoms with E-state index < -0.39 is 17.6 Å². The van der Waals surface area contributed by atoms with Gasteiger partial charge in [0, 0.05) is 12.2 Å². The van der Waals surface area contributed by atoms with Crippen molar-refractivity contribution in [3.8, 4) is 0 Å². The number of carbonyl (C=O) groups is 2. The van der Waals surface area contributed by atoms with Crippen molar-refractivity contribution < 1.29 is 14.0 Å². The maximum atomic E-state index is 13.0. The Labute approximate surface area is 143 Å². The number of halogens is 2. The molecule has 2 rings (SSSR count). The van der Waals surface area contributed by atoms with E-state index in [2.05, 4.69) is 10.9 Å². The van der Waals surface area contributed by atoms with E-state index in [1.54, 1.807) is 6.08 Å². The Morgan fingerprint density at radius 1 is 0.875 bits per heavy atom. The molecule has 122 valence electrons. The molecule has 0 spiro atoms. The maximum absolute atomic E-state index is 13.0. The first kappa shape index (κ1) is 17.4. The van der Waals surface area contributed by atoms with Crippen molar-refractivity contribution in [3.05, 3.63) is 82.6 Å². The molecule has 0 aliphatic heterocycles. The third-order valence-corrected chi connectivity index (χ3v) is 3.20. The van der Waals surface area contributed by atoms with Gasteiger partial charge >= 0.3 is 0 Å². The number of hydrazine groups is 1. The number of hydrogen-bond donors (Lipinski definition) is 2. The van der Waals surface area contributed by atoms with Crippen LogP contribution in [-0.2, 0) is 9.59 Å². The highest BCUT2D eigenvalue weighted by atomic mass is 35.5. The summed E-state index contributed by atoms with van der Waals surface area (Å²) in [6.45, 7) is 0. The zero-order valence-corrected chi connectivity index (χ0v) is 13.3. The lowest BCUT2D eigenvalue weighted by Gasteiger charge is -2.02. The minimum absolute atomic E-state index is 0.0306. The molecule has 0 aliphatic rings. The first-order valence-electron chi connectivity index (χ1n) is 7.01. The molecule has 6 heteroatoms. The second-order valence-corrected chi connectivity index (χ2v) is 5.14. The highest BCUT2D eigenvalue weighted by Crippen LogP contribution is 2.16. The van der Waals surface area contributed by atoms with Gasteiger partial charge in [0.2, 0.25) is 0 Å². The lowest BCUT2D eigenvalue weighted by atomic mass is 10.2. The molecule has 4 nitrogen and oxygen atoms in total. The van der Waals surface area contributed by atoms with Gasteiger partial charge in [0.05, 0.1) is 5.02 Å². The Hall–Kier alpha value is -2.92. The summed E-state index contributed by atoms with van der Waals surface area (Å²) in [6.07, 6.45) is 5.58. The molecule has 0 fully saturated rings. The summed E-state index contributed by atoms with van der Waals surface area (Å²) in [6, 6.07) is 13.3. The molecule has 0 radical (unpaired) electrons. The van der Waals surface area contributed by atoms with Gasteiger partial charge in [0.15, 0.2) is 0 Å². The summed E-state index contributed by atoms with van der Waals surface area (Å²) < 4.78 is 13.0. The summed E-state index contributed by atoms with van der Waals surface area (Å²) in [4.78, 5) is 23.2. The number of carbonyl (C=O) groups excluding carboxylic acids is 2. The largest absolute Gasteiger partial charge is 0.268 e. The highest BCUT2D eigenvalue weighted by Gasteiger charge is 2.00. The molecule has 0 aromatic heterocycles. The summed E-state index contributed by atoms with van der Waals surface area (Å²) >= 11 is 5.64. The van der Waals surface area contributed by atoms with Gasteiger partial charge in [-0.25, -0.2) is 4.39 Å². The van der Waals surface area contributed by atoms with Crippen LogP contribution in [0, 0.1) is 5.82 Å². The quantitative estimate of drug-likeness (QED) is 0.660. The second-order valence-electron chi connectivity index (χ2n) is 4.73. The minimum Gasteiger partial charge on any atom is -0.268 e. The third-order valence-electron chi connectivity index (χ3n) is 2.91. The van der Waals surface area contributed by atoms with Crippen LogP contribution in [0.25, 0.3) is 12.2 Å². The number of nitrogens with one attached hydrogen (secondary N) is 2. The summed E-state index contributed by atoms with van der Waals surface area (Å²) in [7, 11) is 0. The Bertz CT molecular complexity index is 789.